The number of hydrogen-bond donors (Lipinski definition) is 1. The summed E-state index contributed by atoms with van der Waals surface area (Å²) in [6.45, 7) is 8.31. The average Bonchev–Trinajstić information content (AvgIpc) is 2.99. The van der Waals surface area contributed by atoms with Crippen molar-refractivity contribution in [2.45, 2.75) is 34.1 Å². The summed E-state index contributed by atoms with van der Waals surface area (Å²) in [6.07, 6.45) is 3.72. The quantitative estimate of drug-likeness (QED) is 0.704. The number of benzene rings is 1. The van der Waals surface area contributed by atoms with Gasteiger partial charge in [0.2, 0.25) is 0 Å². The van der Waals surface area contributed by atoms with Gasteiger partial charge in [-0.3, -0.25) is 4.40 Å². The van der Waals surface area contributed by atoms with E-state index in [4.69, 9.17) is 10.1 Å². The molecule has 24 heavy (non-hydrogen) atoms. The van der Waals surface area contributed by atoms with Crippen LogP contribution in [0.2, 0.25) is 0 Å². The van der Waals surface area contributed by atoms with Crippen LogP contribution in [-0.4, -0.2) is 20.5 Å². The molecule has 0 atom stereocenters. The maximum absolute atomic E-state index is 11.0. The number of aromatic nitrogens is 2. The van der Waals surface area contributed by atoms with Crippen LogP contribution >= 0.6 is 11.3 Å². The Hall–Kier alpha value is -2.40. The monoisotopic (exact) mass is 340 g/mol. The molecule has 5 heteroatoms. The van der Waals surface area contributed by atoms with Gasteiger partial charge in [-0.1, -0.05) is 30.7 Å². The average molecular weight is 340 g/mol. The molecule has 0 amide bonds. The van der Waals surface area contributed by atoms with E-state index in [2.05, 4.69) is 50.3 Å². The summed E-state index contributed by atoms with van der Waals surface area (Å²) >= 11 is 1.65. The molecule has 0 fully saturated rings. The van der Waals surface area contributed by atoms with Gasteiger partial charge < -0.3 is 5.11 Å². The van der Waals surface area contributed by atoms with Crippen molar-refractivity contribution in [3.05, 3.63) is 51.7 Å². The highest BCUT2D eigenvalue weighted by Crippen LogP contribution is 2.33. The van der Waals surface area contributed by atoms with Gasteiger partial charge in [0.25, 0.3) is 0 Å². The lowest BCUT2D eigenvalue weighted by Crippen LogP contribution is -1.96. The van der Waals surface area contributed by atoms with Gasteiger partial charge in [0.15, 0.2) is 4.96 Å². The molecule has 3 rings (SSSR count). The summed E-state index contributed by atoms with van der Waals surface area (Å²) in [6, 6.07) is 6.25. The minimum absolute atomic E-state index is 0.834. The number of fused-ring (bicyclic) bond motifs is 1. The van der Waals surface area contributed by atoms with Gasteiger partial charge in [0, 0.05) is 22.2 Å². The number of thiazole rings is 1. The largest absolute Gasteiger partial charge is 0.478 e. The molecule has 2 heterocycles. The van der Waals surface area contributed by atoms with E-state index < -0.39 is 5.97 Å². The van der Waals surface area contributed by atoms with Crippen molar-refractivity contribution in [3.63, 3.8) is 0 Å². The van der Waals surface area contributed by atoms with Crippen molar-refractivity contribution in [3.8, 4) is 11.3 Å². The van der Waals surface area contributed by atoms with E-state index in [1.54, 1.807) is 17.4 Å². The number of imidazole rings is 1. The topological polar surface area (TPSA) is 54.6 Å². The number of aryl methyl sites for hydroxylation is 4. The third-order valence-corrected chi connectivity index (χ3v) is 5.16. The second-order valence-electron chi connectivity index (χ2n) is 5.91. The number of carboxylic acid groups (broad SMARTS) is 1. The molecule has 0 aliphatic rings. The number of nitrogens with zero attached hydrogens (tertiary/aromatic N) is 2. The Morgan fingerprint density at radius 2 is 2.08 bits per heavy atom. The molecular formula is C19H20N2O2S. The molecule has 0 bridgehead atoms. The van der Waals surface area contributed by atoms with Gasteiger partial charge in [-0.15, -0.1) is 11.3 Å². The fourth-order valence-corrected chi connectivity index (χ4v) is 4.15. The first-order valence-corrected chi connectivity index (χ1v) is 8.73. The second-order valence-corrected chi connectivity index (χ2v) is 7.09. The molecule has 0 saturated heterocycles. The molecule has 124 valence electrons. The third kappa shape index (κ3) is 2.76. The fraction of sp³-hybridized carbons (Fsp3) is 0.263. The summed E-state index contributed by atoms with van der Waals surface area (Å²) in [5.74, 6) is -0.957. The Morgan fingerprint density at radius 3 is 2.71 bits per heavy atom. The fourth-order valence-electron chi connectivity index (χ4n) is 3.08. The molecule has 4 nitrogen and oxygen atoms in total. The molecule has 1 N–H and O–H groups in total. The van der Waals surface area contributed by atoms with E-state index in [1.807, 2.05) is 0 Å². The maximum Gasteiger partial charge on any atom is 0.328 e. The lowest BCUT2D eigenvalue weighted by Gasteiger charge is -2.07. The van der Waals surface area contributed by atoms with Gasteiger partial charge in [0.1, 0.15) is 0 Å². The Labute approximate surface area is 145 Å². The highest BCUT2D eigenvalue weighted by molar-refractivity contribution is 7.17. The van der Waals surface area contributed by atoms with Crippen LogP contribution < -0.4 is 0 Å². The number of rotatable bonds is 4. The lowest BCUT2D eigenvalue weighted by atomic mass is 10.0. The highest BCUT2D eigenvalue weighted by Gasteiger charge is 2.19. The molecule has 0 spiro atoms. The molecule has 1 aromatic carbocycles. The van der Waals surface area contributed by atoms with E-state index in [1.165, 1.54) is 22.2 Å². The smallest absolute Gasteiger partial charge is 0.328 e. The molecule has 0 saturated carbocycles. The van der Waals surface area contributed by atoms with E-state index in [0.717, 1.165) is 33.9 Å². The van der Waals surface area contributed by atoms with Crippen LogP contribution in [0.1, 0.15) is 34.3 Å². The number of carboxylic acids is 1. The summed E-state index contributed by atoms with van der Waals surface area (Å²) < 4.78 is 2.09. The van der Waals surface area contributed by atoms with E-state index in [9.17, 15) is 4.79 Å². The zero-order valence-electron chi connectivity index (χ0n) is 14.3. The number of hydrogen-bond acceptors (Lipinski definition) is 3. The first-order valence-electron chi connectivity index (χ1n) is 7.91. The van der Waals surface area contributed by atoms with Crippen molar-refractivity contribution in [1.82, 2.24) is 9.38 Å². The zero-order valence-corrected chi connectivity index (χ0v) is 15.1. The van der Waals surface area contributed by atoms with Crippen LogP contribution in [-0.2, 0) is 11.2 Å². The van der Waals surface area contributed by atoms with Crippen LogP contribution in [0.15, 0.2) is 24.3 Å². The minimum atomic E-state index is -0.957. The Bertz CT molecular complexity index is 964. The molecule has 0 aliphatic carbocycles. The zero-order chi connectivity index (χ0) is 17.4. The SMILES string of the molecule is CCc1c(C)sc2nc(-c3ccc(C)cc3C)c(/C=C/C(=O)O)n12. The van der Waals surface area contributed by atoms with Gasteiger partial charge in [0.05, 0.1) is 11.4 Å². The minimum Gasteiger partial charge on any atom is -0.478 e. The summed E-state index contributed by atoms with van der Waals surface area (Å²) in [4.78, 5) is 18.0. The summed E-state index contributed by atoms with van der Waals surface area (Å²) in [5.41, 5.74) is 6.24. The van der Waals surface area contributed by atoms with Gasteiger partial charge in [-0.25, -0.2) is 9.78 Å². The van der Waals surface area contributed by atoms with Crippen molar-refractivity contribution in [1.29, 1.82) is 0 Å². The highest BCUT2D eigenvalue weighted by atomic mass is 32.1. The second kappa shape index (κ2) is 6.24. The Kier molecular flexibility index (Phi) is 4.28. The van der Waals surface area contributed by atoms with E-state index in [0.29, 0.717) is 0 Å². The van der Waals surface area contributed by atoms with Crippen LogP contribution in [0.25, 0.3) is 22.3 Å². The molecule has 3 aromatic rings. The maximum atomic E-state index is 11.0. The summed E-state index contributed by atoms with van der Waals surface area (Å²) in [5, 5.41) is 9.05. The summed E-state index contributed by atoms with van der Waals surface area (Å²) in [7, 11) is 0. The molecule has 0 radical (unpaired) electrons. The van der Waals surface area contributed by atoms with Crippen LogP contribution in [0.3, 0.4) is 0 Å². The standard InChI is InChI=1S/C19H20N2O2S/c1-5-15-13(4)24-19-20-18(14-7-6-11(2)10-12(14)3)16(21(15)19)8-9-17(22)23/h6-10H,5H2,1-4H3,(H,22,23)/b9-8+. The number of aliphatic carboxylic acids is 1. The van der Waals surface area contributed by atoms with Gasteiger partial charge in [-0.2, -0.15) is 0 Å². The van der Waals surface area contributed by atoms with Crippen molar-refractivity contribution < 1.29 is 9.90 Å². The van der Waals surface area contributed by atoms with Crippen molar-refractivity contribution in [2.75, 3.05) is 0 Å². The Balaban J connectivity index is 2.33. The lowest BCUT2D eigenvalue weighted by molar-refractivity contribution is -0.131. The van der Waals surface area contributed by atoms with Crippen LogP contribution in [0.5, 0.6) is 0 Å². The van der Waals surface area contributed by atoms with Gasteiger partial charge >= 0.3 is 5.97 Å². The van der Waals surface area contributed by atoms with E-state index in [-0.39, 0.29) is 0 Å². The molecule has 2 aromatic heterocycles. The van der Waals surface area contributed by atoms with Crippen molar-refractivity contribution in [2.24, 2.45) is 0 Å². The number of carbonyl (C=O) groups is 1. The normalized spacial score (nSPS) is 11.7. The van der Waals surface area contributed by atoms with Crippen LogP contribution in [0.4, 0.5) is 0 Å². The molecule has 0 unspecified atom stereocenters. The third-order valence-electron chi connectivity index (χ3n) is 4.16. The van der Waals surface area contributed by atoms with Gasteiger partial charge in [-0.05, 0) is 38.8 Å². The first kappa shape index (κ1) is 16.5. The van der Waals surface area contributed by atoms with Crippen molar-refractivity contribution >= 4 is 28.3 Å². The predicted molar refractivity (Wildman–Crippen MR) is 98.8 cm³/mol. The van der Waals surface area contributed by atoms with Crippen LogP contribution in [0, 0.1) is 20.8 Å². The predicted octanol–water partition coefficient (Wildman–Crippen LogP) is 4.65. The Morgan fingerprint density at radius 1 is 1.33 bits per heavy atom. The van der Waals surface area contributed by atoms with E-state index >= 15 is 0 Å². The molecular weight excluding hydrogens is 320 g/mol. The molecule has 0 aliphatic heterocycles. The first-order chi connectivity index (χ1) is 11.4.